The third-order valence-corrected chi connectivity index (χ3v) is 7.08. The third-order valence-electron chi connectivity index (χ3n) is 7.08. The molecule has 2 N–H and O–H groups in total. The van der Waals surface area contributed by atoms with Crippen molar-refractivity contribution >= 4 is 40.8 Å². The van der Waals surface area contributed by atoms with Gasteiger partial charge in [0.05, 0.1) is 24.2 Å². The first kappa shape index (κ1) is 28.1. The smallest absolute Gasteiger partial charge is 0.323 e. The van der Waals surface area contributed by atoms with Crippen molar-refractivity contribution < 1.29 is 29.0 Å². The molecule has 0 atom stereocenters. The number of hydrogen-bond donors (Lipinski definition) is 2. The lowest BCUT2D eigenvalue weighted by atomic mass is 9.98. The number of aliphatic carboxylic acids is 1. The second-order valence-electron chi connectivity index (χ2n) is 9.85. The first-order chi connectivity index (χ1) is 20.3. The molecule has 0 aromatic heterocycles. The van der Waals surface area contributed by atoms with Gasteiger partial charge in [-0.25, -0.2) is 0 Å². The number of nitrogens with one attached hydrogen (secondary N) is 1. The summed E-state index contributed by atoms with van der Waals surface area (Å²) in [7, 11) is 1.45. The second kappa shape index (κ2) is 12.0. The number of carboxylic acid groups (broad SMARTS) is 1. The Morgan fingerprint density at radius 1 is 0.905 bits per heavy atom. The molecule has 3 amide bonds. The van der Waals surface area contributed by atoms with E-state index in [-0.39, 0.29) is 36.1 Å². The topological polar surface area (TPSA) is 116 Å². The van der Waals surface area contributed by atoms with E-state index < -0.39 is 18.4 Å². The minimum Gasteiger partial charge on any atom is -0.495 e. The number of anilines is 3. The van der Waals surface area contributed by atoms with Crippen LogP contribution in [-0.4, -0.2) is 49.0 Å². The van der Waals surface area contributed by atoms with Gasteiger partial charge in [0.1, 0.15) is 12.3 Å². The average Bonchev–Trinajstić information content (AvgIpc) is 3.13. The molecule has 42 heavy (non-hydrogen) atoms. The zero-order valence-electron chi connectivity index (χ0n) is 23.2. The molecule has 0 spiro atoms. The summed E-state index contributed by atoms with van der Waals surface area (Å²) in [5.74, 6) is -1.98. The van der Waals surface area contributed by atoms with Crippen molar-refractivity contribution in [2.24, 2.45) is 0 Å². The highest BCUT2D eigenvalue weighted by atomic mass is 16.5. The molecule has 0 aliphatic carbocycles. The number of carbonyl (C=O) groups is 4. The van der Waals surface area contributed by atoms with E-state index in [9.17, 15) is 24.3 Å². The molecular formula is C33H29N3O6. The number of methoxy groups -OCH3 is 1. The fourth-order valence-electron chi connectivity index (χ4n) is 4.98. The molecule has 4 aromatic rings. The van der Waals surface area contributed by atoms with E-state index in [2.05, 4.69) is 5.32 Å². The number of carbonyl (C=O) groups excluding carboxylic acids is 3. The van der Waals surface area contributed by atoms with Gasteiger partial charge in [-0.15, -0.1) is 0 Å². The number of fused-ring (bicyclic) bond motifs is 1. The van der Waals surface area contributed by atoms with Crippen molar-refractivity contribution in [2.45, 2.75) is 13.3 Å². The summed E-state index contributed by atoms with van der Waals surface area (Å²) in [6.07, 6.45) is -0.0423. The van der Waals surface area contributed by atoms with Gasteiger partial charge in [0.2, 0.25) is 5.91 Å². The monoisotopic (exact) mass is 563 g/mol. The van der Waals surface area contributed by atoms with Crippen LogP contribution in [0.4, 0.5) is 17.1 Å². The van der Waals surface area contributed by atoms with Crippen molar-refractivity contribution in [1.82, 2.24) is 0 Å². The number of benzene rings is 4. The standard InChI is InChI=1S/C33H29N3O6/c1-21-11-13-22(14-12-21)24-7-3-4-8-25(24)32(40)34-26-16-15-23(19-29(26)42-2)33(41)35-18-17-30(37)36(20-31(38)39)28-10-6-5-9-27(28)35/h3-16,19H,17-18,20H2,1-2H3,(H,34,40)(H,38,39). The van der Waals surface area contributed by atoms with Gasteiger partial charge in [0.15, 0.2) is 0 Å². The molecule has 1 heterocycles. The molecular weight excluding hydrogens is 534 g/mol. The van der Waals surface area contributed by atoms with Crippen LogP contribution in [0.3, 0.4) is 0 Å². The van der Waals surface area contributed by atoms with Crippen LogP contribution in [-0.2, 0) is 9.59 Å². The molecule has 0 unspecified atom stereocenters. The molecule has 5 rings (SSSR count). The van der Waals surface area contributed by atoms with Crippen LogP contribution in [0.5, 0.6) is 5.75 Å². The Hall–Kier alpha value is -5.44. The van der Waals surface area contributed by atoms with E-state index in [0.717, 1.165) is 16.7 Å². The van der Waals surface area contributed by atoms with E-state index in [0.29, 0.717) is 22.6 Å². The Morgan fingerprint density at radius 2 is 1.60 bits per heavy atom. The molecule has 0 saturated carbocycles. The highest BCUT2D eigenvalue weighted by Crippen LogP contribution is 2.35. The van der Waals surface area contributed by atoms with Crippen LogP contribution in [0.15, 0.2) is 91.0 Å². The van der Waals surface area contributed by atoms with E-state index in [1.54, 1.807) is 48.5 Å². The number of amides is 3. The van der Waals surface area contributed by atoms with Crippen LogP contribution in [0, 0.1) is 6.92 Å². The summed E-state index contributed by atoms with van der Waals surface area (Å²) >= 11 is 0. The normalized spacial score (nSPS) is 12.8. The maximum Gasteiger partial charge on any atom is 0.323 e. The lowest BCUT2D eigenvalue weighted by Gasteiger charge is -2.25. The molecule has 0 fully saturated rings. The number of para-hydroxylation sites is 2. The summed E-state index contributed by atoms with van der Waals surface area (Å²) in [4.78, 5) is 54.0. The van der Waals surface area contributed by atoms with Gasteiger partial charge < -0.3 is 20.1 Å². The predicted molar refractivity (Wildman–Crippen MR) is 160 cm³/mol. The van der Waals surface area contributed by atoms with Crippen molar-refractivity contribution in [2.75, 3.05) is 35.3 Å². The quantitative estimate of drug-likeness (QED) is 0.312. The predicted octanol–water partition coefficient (Wildman–Crippen LogP) is 5.39. The number of rotatable bonds is 7. The summed E-state index contributed by atoms with van der Waals surface area (Å²) in [5, 5.41) is 12.2. The van der Waals surface area contributed by atoms with Gasteiger partial charge in [-0.1, -0.05) is 60.2 Å². The minimum absolute atomic E-state index is 0.0423. The summed E-state index contributed by atoms with van der Waals surface area (Å²) in [6, 6.07) is 26.7. The third kappa shape index (κ3) is 5.71. The Bertz CT molecular complexity index is 1680. The molecule has 1 aliphatic rings. The molecule has 212 valence electrons. The van der Waals surface area contributed by atoms with Gasteiger partial charge >= 0.3 is 5.97 Å². The summed E-state index contributed by atoms with van der Waals surface area (Å²) in [6.45, 7) is 1.57. The number of aryl methyl sites for hydroxylation is 1. The van der Waals surface area contributed by atoms with Crippen LogP contribution in [0.25, 0.3) is 11.1 Å². The number of nitrogens with zero attached hydrogens (tertiary/aromatic N) is 2. The first-order valence-electron chi connectivity index (χ1n) is 13.4. The van der Waals surface area contributed by atoms with Crippen molar-refractivity contribution in [3.63, 3.8) is 0 Å². The van der Waals surface area contributed by atoms with Crippen LogP contribution >= 0.6 is 0 Å². The first-order valence-corrected chi connectivity index (χ1v) is 13.4. The van der Waals surface area contributed by atoms with Gasteiger partial charge in [-0.05, 0) is 54.4 Å². The zero-order valence-corrected chi connectivity index (χ0v) is 23.2. The SMILES string of the molecule is COc1cc(C(=O)N2CCC(=O)N(CC(=O)O)c3ccccc32)ccc1NC(=O)c1ccccc1-c1ccc(C)cc1. The Kier molecular flexibility index (Phi) is 8.01. The van der Waals surface area contributed by atoms with Gasteiger partial charge in [0.25, 0.3) is 11.8 Å². The van der Waals surface area contributed by atoms with E-state index in [1.807, 2.05) is 43.3 Å². The van der Waals surface area contributed by atoms with E-state index in [4.69, 9.17) is 4.74 Å². The number of ether oxygens (including phenoxy) is 1. The van der Waals surface area contributed by atoms with E-state index >= 15 is 0 Å². The molecule has 9 heteroatoms. The van der Waals surface area contributed by atoms with Gasteiger partial charge in [-0.2, -0.15) is 0 Å². The fraction of sp³-hybridized carbons (Fsp3) is 0.152. The molecule has 4 aromatic carbocycles. The van der Waals surface area contributed by atoms with E-state index in [1.165, 1.54) is 23.0 Å². The largest absolute Gasteiger partial charge is 0.495 e. The minimum atomic E-state index is -1.15. The Morgan fingerprint density at radius 3 is 2.31 bits per heavy atom. The van der Waals surface area contributed by atoms with Crippen LogP contribution in [0.1, 0.15) is 32.7 Å². The maximum absolute atomic E-state index is 13.7. The maximum atomic E-state index is 13.7. The summed E-state index contributed by atoms with van der Waals surface area (Å²) < 4.78 is 5.55. The summed E-state index contributed by atoms with van der Waals surface area (Å²) in [5.41, 5.74) is 4.74. The number of carboxylic acids is 1. The number of hydrogen-bond acceptors (Lipinski definition) is 5. The zero-order chi connectivity index (χ0) is 29.8. The van der Waals surface area contributed by atoms with Crippen molar-refractivity contribution in [3.8, 4) is 16.9 Å². The van der Waals surface area contributed by atoms with Gasteiger partial charge in [0, 0.05) is 24.1 Å². The molecule has 1 aliphatic heterocycles. The van der Waals surface area contributed by atoms with Crippen LogP contribution < -0.4 is 19.9 Å². The Balaban J connectivity index is 1.42. The highest BCUT2D eigenvalue weighted by molar-refractivity contribution is 6.13. The van der Waals surface area contributed by atoms with Gasteiger partial charge in [-0.3, -0.25) is 24.1 Å². The average molecular weight is 564 g/mol. The lowest BCUT2D eigenvalue weighted by molar-refractivity contribution is -0.136. The molecule has 0 radical (unpaired) electrons. The van der Waals surface area contributed by atoms with Crippen molar-refractivity contribution in [1.29, 1.82) is 0 Å². The Labute approximate surface area is 243 Å². The van der Waals surface area contributed by atoms with Crippen molar-refractivity contribution in [3.05, 3.63) is 108 Å². The highest BCUT2D eigenvalue weighted by Gasteiger charge is 2.31. The molecule has 9 nitrogen and oxygen atoms in total. The molecule has 0 bridgehead atoms. The fourth-order valence-corrected chi connectivity index (χ4v) is 4.98. The molecule has 0 saturated heterocycles. The van der Waals surface area contributed by atoms with Crippen LogP contribution in [0.2, 0.25) is 0 Å². The second-order valence-corrected chi connectivity index (χ2v) is 9.85. The lowest BCUT2D eigenvalue weighted by Crippen LogP contribution is -2.35.